The molecule has 0 unspecified atom stereocenters. The smallest absolute Gasteiger partial charge is 0.329 e. The zero-order chi connectivity index (χ0) is 25.8. The fourth-order valence-corrected chi connectivity index (χ4v) is 3.20. The number of hydrogen-bond donors (Lipinski definition) is 3. The number of nitrogens with one attached hydrogen (secondary N) is 3. The molecule has 186 valence electrons. The van der Waals surface area contributed by atoms with Crippen molar-refractivity contribution in [2.24, 2.45) is 5.10 Å². The molecule has 3 aromatic carbocycles. The molecule has 0 aliphatic rings. The van der Waals surface area contributed by atoms with Crippen LogP contribution in [0.15, 0.2) is 84.0 Å². The number of carbonyl (C=O) groups excluding carboxylic acids is 3. The number of ether oxygens (including phenoxy) is 1. The lowest BCUT2D eigenvalue weighted by molar-refractivity contribution is -0.136. The van der Waals surface area contributed by atoms with E-state index in [0.717, 1.165) is 17.5 Å². The quantitative estimate of drug-likeness (QED) is 0.231. The standard InChI is InChI=1S/C28H30N4O4/c1-20(2)23-10-12-24(13-11-23)31-27(34)28(35)32-30-18-22-8-14-25(15-9-22)36-19-26(33)29-17-16-21-6-4-3-5-7-21/h3-15,18,20H,16-17,19H2,1-2H3,(H,29,33)(H,31,34)(H,32,35)/b30-18-. The van der Waals surface area contributed by atoms with Crippen LogP contribution in [0.4, 0.5) is 5.69 Å². The summed E-state index contributed by atoms with van der Waals surface area (Å²) in [5, 5.41) is 9.17. The second-order valence-electron chi connectivity index (χ2n) is 8.37. The van der Waals surface area contributed by atoms with Crippen LogP contribution in [0, 0.1) is 0 Å². The van der Waals surface area contributed by atoms with Crippen molar-refractivity contribution in [3.63, 3.8) is 0 Å². The van der Waals surface area contributed by atoms with E-state index in [0.29, 0.717) is 29.5 Å². The molecule has 0 aromatic heterocycles. The van der Waals surface area contributed by atoms with Crippen LogP contribution in [0.2, 0.25) is 0 Å². The first kappa shape index (κ1) is 26.2. The van der Waals surface area contributed by atoms with Gasteiger partial charge in [-0.2, -0.15) is 5.10 Å². The van der Waals surface area contributed by atoms with Crippen LogP contribution >= 0.6 is 0 Å². The third-order valence-corrected chi connectivity index (χ3v) is 5.25. The maximum atomic E-state index is 12.0. The fraction of sp³-hybridized carbons (Fsp3) is 0.214. The van der Waals surface area contributed by atoms with Gasteiger partial charge in [0, 0.05) is 12.2 Å². The van der Waals surface area contributed by atoms with Gasteiger partial charge < -0.3 is 15.4 Å². The maximum absolute atomic E-state index is 12.0. The van der Waals surface area contributed by atoms with Crippen molar-refractivity contribution in [2.45, 2.75) is 26.2 Å². The van der Waals surface area contributed by atoms with Crippen molar-refractivity contribution in [3.8, 4) is 5.75 Å². The third-order valence-electron chi connectivity index (χ3n) is 5.25. The molecule has 0 radical (unpaired) electrons. The van der Waals surface area contributed by atoms with Gasteiger partial charge in [0.05, 0.1) is 6.21 Å². The number of anilines is 1. The Bertz CT molecular complexity index is 1170. The second-order valence-corrected chi connectivity index (χ2v) is 8.37. The Hall–Kier alpha value is -4.46. The first-order valence-corrected chi connectivity index (χ1v) is 11.7. The van der Waals surface area contributed by atoms with E-state index in [4.69, 9.17) is 4.74 Å². The SMILES string of the molecule is CC(C)c1ccc(NC(=O)C(=O)N/N=C\c2ccc(OCC(=O)NCCc3ccccc3)cc2)cc1. The normalized spacial score (nSPS) is 10.8. The van der Waals surface area contributed by atoms with Crippen LogP contribution in [-0.4, -0.2) is 37.1 Å². The highest BCUT2D eigenvalue weighted by atomic mass is 16.5. The average molecular weight is 487 g/mol. The topological polar surface area (TPSA) is 109 Å². The van der Waals surface area contributed by atoms with Gasteiger partial charge in [0.25, 0.3) is 5.91 Å². The van der Waals surface area contributed by atoms with E-state index >= 15 is 0 Å². The number of hydrazone groups is 1. The zero-order valence-electron chi connectivity index (χ0n) is 20.4. The Balaban J connectivity index is 1.36. The van der Waals surface area contributed by atoms with E-state index < -0.39 is 11.8 Å². The third kappa shape index (κ3) is 8.72. The molecule has 0 bridgehead atoms. The van der Waals surface area contributed by atoms with Crippen LogP contribution in [0.5, 0.6) is 5.75 Å². The van der Waals surface area contributed by atoms with Gasteiger partial charge in [0.15, 0.2) is 6.61 Å². The maximum Gasteiger partial charge on any atom is 0.329 e. The van der Waals surface area contributed by atoms with Crippen molar-refractivity contribution >= 4 is 29.6 Å². The van der Waals surface area contributed by atoms with E-state index in [9.17, 15) is 14.4 Å². The van der Waals surface area contributed by atoms with Crippen LogP contribution in [0.1, 0.15) is 36.5 Å². The van der Waals surface area contributed by atoms with Crippen molar-refractivity contribution in [1.82, 2.24) is 10.7 Å². The minimum atomic E-state index is -0.877. The first-order valence-electron chi connectivity index (χ1n) is 11.7. The zero-order valence-corrected chi connectivity index (χ0v) is 20.4. The summed E-state index contributed by atoms with van der Waals surface area (Å²) in [5.74, 6) is -0.985. The van der Waals surface area contributed by atoms with Crippen molar-refractivity contribution < 1.29 is 19.1 Å². The van der Waals surface area contributed by atoms with Gasteiger partial charge >= 0.3 is 11.8 Å². The Kier molecular flexibility index (Phi) is 9.76. The predicted molar refractivity (Wildman–Crippen MR) is 140 cm³/mol. The molecule has 3 aromatic rings. The van der Waals surface area contributed by atoms with Crippen LogP contribution in [-0.2, 0) is 20.8 Å². The average Bonchev–Trinajstić information content (AvgIpc) is 2.89. The van der Waals surface area contributed by atoms with Gasteiger partial charge in [-0.1, -0.05) is 56.3 Å². The molecule has 3 rings (SSSR count). The molecule has 36 heavy (non-hydrogen) atoms. The van der Waals surface area contributed by atoms with Crippen LogP contribution < -0.4 is 20.8 Å². The lowest BCUT2D eigenvalue weighted by Gasteiger charge is -2.08. The van der Waals surface area contributed by atoms with E-state index in [2.05, 4.69) is 35.0 Å². The molecular weight excluding hydrogens is 456 g/mol. The molecule has 0 aliphatic carbocycles. The first-order chi connectivity index (χ1) is 17.4. The second kappa shape index (κ2) is 13.4. The number of benzene rings is 3. The van der Waals surface area contributed by atoms with Crippen molar-refractivity contribution in [3.05, 3.63) is 95.6 Å². The predicted octanol–water partition coefficient (Wildman–Crippen LogP) is 3.64. The lowest BCUT2D eigenvalue weighted by Crippen LogP contribution is -2.32. The monoisotopic (exact) mass is 486 g/mol. The summed E-state index contributed by atoms with van der Waals surface area (Å²) >= 11 is 0. The Morgan fingerprint density at radius 3 is 2.25 bits per heavy atom. The fourth-order valence-electron chi connectivity index (χ4n) is 3.20. The van der Waals surface area contributed by atoms with Gasteiger partial charge in [0.1, 0.15) is 5.75 Å². The summed E-state index contributed by atoms with van der Waals surface area (Å²) in [6.45, 7) is 4.60. The summed E-state index contributed by atoms with van der Waals surface area (Å²) in [4.78, 5) is 36.0. The number of hydrogen-bond acceptors (Lipinski definition) is 5. The van der Waals surface area contributed by atoms with E-state index in [1.165, 1.54) is 6.21 Å². The van der Waals surface area contributed by atoms with E-state index in [1.54, 1.807) is 36.4 Å². The Labute approximate surface area is 210 Å². The van der Waals surface area contributed by atoms with Gasteiger partial charge in [-0.25, -0.2) is 5.43 Å². The summed E-state index contributed by atoms with van der Waals surface area (Å²) in [5.41, 5.74) is 5.71. The van der Waals surface area contributed by atoms with Gasteiger partial charge in [-0.15, -0.1) is 0 Å². The molecule has 0 heterocycles. The summed E-state index contributed by atoms with van der Waals surface area (Å²) < 4.78 is 5.50. The van der Waals surface area contributed by atoms with Crippen molar-refractivity contribution in [1.29, 1.82) is 0 Å². The summed E-state index contributed by atoms with van der Waals surface area (Å²) in [7, 11) is 0. The van der Waals surface area contributed by atoms with E-state index in [1.807, 2.05) is 42.5 Å². The minimum absolute atomic E-state index is 0.0897. The molecule has 3 N–H and O–H groups in total. The molecule has 3 amide bonds. The highest BCUT2D eigenvalue weighted by Gasteiger charge is 2.13. The molecule has 0 aliphatic heterocycles. The number of rotatable bonds is 10. The van der Waals surface area contributed by atoms with Crippen LogP contribution in [0.3, 0.4) is 0 Å². The van der Waals surface area contributed by atoms with E-state index in [-0.39, 0.29) is 12.5 Å². The molecular formula is C28H30N4O4. The minimum Gasteiger partial charge on any atom is -0.484 e. The summed E-state index contributed by atoms with van der Waals surface area (Å²) in [6, 6.07) is 24.0. The Morgan fingerprint density at radius 2 is 1.58 bits per heavy atom. The van der Waals surface area contributed by atoms with Crippen LogP contribution in [0.25, 0.3) is 0 Å². The van der Waals surface area contributed by atoms with Crippen molar-refractivity contribution in [2.75, 3.05) is 18.5 Å². The molecule has 0 saturated carbocycles. The molecule has 0 fully saturated rings. The van der Waals surface area contributed by atoms with Gasteiger partial charge in [-0.3, -0.25) is 14.4 Å². The number of nitrogens with zero attached hydrogens (tertiary/aromatic N) is 1. The largest absolute Gasteiger partial charge is 0.484 e. The Morgan fingerprint density at radius 1 is 0.889 bits per heavy atom. The molecule has 0 atom stereocenters. The molecule has 8 nitrogen and oxygen atoms in total. The number of carbonyl (C=O) groups is 3. The number of amides is 3. The van der Waals surface area contributed by atoms with Gasteiger partial charge in [0.2, 0.25) is 0 Å². The molecule has 0 saturated heterocycles. The molecule has 0 spiro atoms. The van der Waals surface area contributed by atoms with Gasteiger partial charge in [-0.05, 0) is 65.4 Å². The highest BCUT2D eigenvalue weighted by molar-refractivity contribution is 6.39. The summed E-state index contributed by atoms with van der Waals surface area (Å²) in [6.07, 6.45) is 2.16. The molecule has 8 heteroatoms. The lowest BCUT2D eigenvalue weighted by atomic mass is 10.0. The highest BCUT2D eigenvalue weighted by Crippen LogP contribution is 2.17.